The first kappa shape index (κ1) is 16.9. The van der Waals surface area contributed by atoms with Crippen LogP contribution in [0.5, 0.6) is 0 Å². The summed E-state index contributed by atoms with van der Waals surface area (Å²) in [6.45, 7) is 1.21. The normalized spacial score (nSPS) is 12.6. The van der Waals surface area contributed by atoms with Crippen LogP contribution in [0.25, 0.3) is 0 Å². The average Bonchev–Trinajstić information content (AvgIpc) is 2.83. The molecule has 1 heterocycles. The molecule has 0 spiro atoms. The van der Waals surface area contributed by atoms with Gasteiger partial charge in [-0.05, 0) is 49.6 Å². The second-order valence-electron chi connectivity index (χ2n) is 4.37. The van der Waals surface area contributed by atoms with E-state index < -0.39 is 0 Å². The van der Waals surface area contributed by atoms with Crippen LogP contribution in [0.2, 0.25) is 5.02 Å². The summed E-state index contributed by atoms with van der Waals surface area (Å²) in [4.78, 5) is 0. The van der Waals surface area contributed by atoms with Crippen LogP contribution in [0.3, 0.4) is 0 Å². The number of methoxy groups -OCH3 is 1. The maximum absolute atomic E-state index is 6.17. The lowest BCUT2D eigenvalue weighted by Gasteiger charge is -2.19. The number of nitrogens with two attached hydrogens (primary N) is 1. The SMILES string of the molecule is COCCn1ncc(Br)c1C(NN)c1ccc(Br)c(Cl)c1. The van der Waals surface area contributed by atoms with Crippen LogP contribution in [0.15, 0.2) is 33.3 Å². The van der Waals surface area contributed by atoms with Crippen LogP contribution in [0.4, 0.5) is 0 Å². The van der Waals surface area contributed by atoms with E-state index in [9.17, 15) is 0 Å². The van der Waals surface area contributed by atoms with Gasteiger partial charge in [0.05, 0.1) is 40.6 Å². The summed E-state index contributed by atoms with van der Waals surface area (Å²) < 4.78 is 8.68. The molecule has 2 aromatic rings. The van der Waals surface area contributed by atoms with Gasteiger partial charge >= 0.3 is 0 Å². The standard InChI is InChI=1S/C13H15Br2ClN4O/c1-21-5-4-20-13(10(15)7-18-20)12(19-17)8-2-3-9(14)11(16)6-8/h2-3,6-7,12,19H,4-5,17H2,1H3. The van der Waals surface area contributed by atoms with Gasteiger partial charge in [0.2, 0.25) is 0 Å². The zero-order valence-corrected chi connectivity index (χ0v) is 15.2. The van der Waals surface area contributed by atoms with Crippen LogP contribution in [-0.4, -0.2) is 23.5 Å². The number of nitrogens with one attached hydrogen (secondary N) is 1. The van der Waals surface area contributed by atoms with Gasteiger partial charge in [-0.3, -0.25) is 10.5 Å². The first-order valence-corrected chi connectivity index (χ1v) is 8.16. The number of hydrogen-bond acceptors (Lipinski definition) is 4. The first-order chi connectivity index (χ1) is 10.1. The van der Waals surface area contributed by atoms with Gasteiger partial charge in [0, 0.05) is 11.6 Å². The fourth-order valence-corrected chi connectivity index (χ4v) is 3.00. The minimum atomic E-state index is -0.232. The largest absolute Gasteiger partial charge is 0.383 e. The molecule has 0 aliphatic carbocycles. The Kier molecular flexibility index (Phi) is 6.21. The second-order valence-corrected chi connectivity index (χ2v) is 6.48. The van der Waals surface area contributed by atoms with E-state index in [4.69, 9.17) is 22.2 Å². The summed E-state index contributed by atoms with van der Waals surface area (Å²) in [7, 11) is 1.66. The molecule has 2 rings (SSSR count). The van der Waals surface area contributed by atoms with E-state index in [-0.39, 0.29) is 6.04 Å². The highest BCUT2D eigenvalue weighted by molar-refractivity contribution is 9.10. The van der Waals surface area contributed by atoms with E-state index in [0.717, 1.165) is 20.2 Å². The van der Waals surface area contributed by atoms with Crippen LogP contribution in [0, 0.1) is 0 Å². The van der Waals surface area contributed by atoms with Gasteiger partial charge in [0.1, 0.15) is 0 Å². The summed E-state index contributed by atoms with van der Waals surface area (Å²) >= 11 is 13.1. The fourth-order valence-electron chi connectivity index (χ4n) is 2.04. The van der Waals surface area contributed by atoms with Gasteiger partial charge in [-0.25, -0.2) is 5.43 Å². The highest BCUT2D eigenvalue weighted by Crippen LogP contribution is 2.31. The topological polar surface area (TPSA) is 65.1 Å². The molecule has 1 atom stereocenters. The Hall–Kier alpha value is -0.440. The van der Waals surface area contributed by atoms with Crippen molar-refractivity contribution >= 4 is 43.5 Å². The van der Waals surface area contributed by atoms with Gasteiger partial charge in [-0.15, -0.1) is 0 Å². The molecule has 8 heteroatoms. The predicted molar refractivity (Wildman–Crippen MR) is 90.1 cm³/mol. The van der Waals surface area contributed by atoms with Gasteiger partial charge in [0.25, 0.3) is 0 Å². The summed E-state index contributed by atoms with van der Waals surface area (Å²) in [5, 5.41) is 4.97. The van der Waals surface area contributed by atoms with E-state index in [2.05, 4.69) is 42.4 Å². The van der Waals surface area contributed by atoms with Crippen molar-refractivity contribution in [2.45, 2.75) is 12.6 Å². The predicted octanol–water partition coefficient (Wildman–Crippen LogP) is 3.26. The molecule has 1 aromatic carbocycles. The third kappa shape index (κ3) is 3.85. The molecule has 0 bridgehead atoms. The molecule has 3 N–H and O–H groups in total. The van der Waals surface area contributed by atoms with Crippen molar-refractivity contribution in [3.8, 4) is 0 Å². The van der Waals surface area contributed by atoms with Crippen molar-refractivity contribution in [3.05, 3.63) is 49.6 Å². The smallest absolute Gasteiger partial charge is 0.0890 e. The summed E-state index contributed by atoms with van der Waals surface area (Å²) in [5.74, 6) is 5.75. The number of hydrogen-bond donors (Lipinski definition) is 2. The van der Waals surface area contributed by atoms with Crippen molar-refractivity contribution in [2.75, 3.05) is 13.7 Å². The third-order valence-electron chi connectivity index (χ3n) is 3.06. The van der Waals surface area contributed by atoms with Crippen molar-refractivity contribution in [2.24, 2.45) is 5.84 Å². The molecule has 1 aromatic heterocycles. The summed E-state index contributed by atoms with van der Waals surface area (Å²) in [5.41, 5.74) is 4.69. The lowest BCUT2D eigenvalue weighted by atomic mass is 10.0. The van der Waals surface area contributed by atoms with E-state index in [1.807, 2.05) is 22.9 Å². The van der Waals surface area contributed by atoms with E-state index in [1.54, 1.807) is 13.3 Å². The van der Waals surface area contributed by atoms with Gasteiger partial charge in [-0.2, -0.15) is 5.10 Å². The van der Waals surface area contributed by atoms with Crippen molar-refractivity contribution in [1.82, 2.24) is 15.2 Å². The molecular weight excluding hydrogens is 423 g/mol. The van der Waals surface area contributed by atoms with Crippen LogP contribution in [0.1, 0.15) is 17.3 Å². The van der Waals surface area contributed by atoms with E-state index >= 15 is 0 Å². The molecule has 0 radical (unpaired) electrons. The minimum absolute atomic E-state index is 0.232. The average molecular weight is 439 g/mol. The molecule has 0 aliphatic rings. The molecule has 0 saturated carbocycles. The van der Waals surface area contributed by atoms with E-state index in [0.29, 0.717) is 18.2 Å². The van der Waals surface area contributed by atoms with Crippen LogP contribution in [-0.2, 0) is 11.3 Å². The Bertz CT molecular complexity index is 620. The molecule has 0 fully saturated rings. The molecule has 0 saturated heterocycles. The van der Waals surface area contributed by atoms with Gasteiger partial charge < -0.3 is 4.74 Å². The van der Waals surface area contributed by atoms with Crippen LogP contribution < -0.4 is 11.3 Å². The third-order valence-corrected chi connectivity index (χ3v) is 4.90. The maximum atomic E-state index is 6.17. The summed E-state index contributed by atoms with van der Waals surface area (Å²) in [6.07, 6.45) is 1.75. The Morgan fingerprint density at radius 1 is 1.43 bits per heavy atom. The van der Waals surface area contributed by atoms with Gasteiger partial charge in [-0.1, -0.05) is 17.7 Å². The zero-order valence-electron chi connectivity index (χ0n) is 11.3. The highest BCUT2D eigenvalue weighted by Gasteiger charge is 2.21. The fraction of sp³-hybridized carbons (Fsp3) is 0.308. The van der Waals surface area contributed by atoms with Gasteiger partial charge in [0.15, 0.2) is 0 Å². The maximum Gasteiger partial charge on any atom is 0.0890 e. The molecule has 0 aliphatic heterocycles. The summed E-state index contributed by atoms with van der Waals surface area (Å²) in [6, 6.07) is 5.49. The molecular formula is C13H15Br2ClN4O. The Morgan fingerprint density at radius 3 is 2.81 bits per heavy atom. The Morgan fingerprint density at radius 2 is 2.19 bits per heavy atom. The van der Waals surface area contributed by atoms with Crippen molar-refractivity contribution in [1.29, 1.82) is 0 Å². The molecule has 5 nitrogen and oxygen atoms in total. The quantitative estimate of drug-likeness (QED) is 0.537. The van der Waals surface area contributed by atoms with Crippen molar-refractivity contribution in [3.63, 3.8) is 0 Å². The molecule has 0 amide bonds. The minimum Gasteiger partial charge on any atom is -0.383 e. The number of nitrogens with zero attached hydrogens (tertiary/aromatic N) is 2. The number of hydrazine groups is 1. The number of halogens is 3. The van der Waals surface area contributed by atoms with Crippen molar-refractivity contribution < 1.29 is 4.74 Å². The number of aromatic nitrogens is 2. The number of rotatable bonds is 6. The Labute approximate surface area is 145 Å². The lowest BCUT2D eigenvalue weighted by Crippen LogP contribution is -2.31. The highest BCUT2D eigenvalue weighted by atomic mass is 79.9. The number of benzene rings is 1. The molecule has 21 heavy (non-hydrogen) atoms. The number of ether oxygens (including phenoxy) is 1. The second kappa shape index (κ2) is 7.71. The van der Waals surface area contributed by atoms with Crippen LogP contribution >= 0.6 is 43.5 Å². The molecule has 114 valence electrons. The molecule has 1 unspecified atom stereocenters. The Balaban J connectivity index is 2.40. The van der Waals surface area contributed by atoms with E-state index in [1.165, 1.54) is 0 Å². The first-order valence-electron chi connectivity index (χ1n) is 6.19. The lowest BCUT2D eigenvalue weighted by molar-refractivity contribution is 0.182. The zero-order chi connectivity index (χ0) is 15.4. The monoisotopic (exact) mass is 436 g/mol.